The molecule has 0 aromatic heterocycles. The van der Waals surface area contributed by atoms with Crippen LogP contribution in [0.25, 0.3) is 4.91 Å². The first-order valence-electron chi connectivity index (χ1n) is 5.64. The minimum absolute atomic E-state index is 0.210. The van der Waals surface area contributed by atoms with Crippen molar-refractivity contribution in [2.75, 3.05) is 0 Å². The molecule has 18 heavy (non-hydrogen) atoms. The van der Waals surface area contributed by atoms with Crippen LogP contribution in [0.5, 0.6) is 0 Å². The number of hydrogen-bond donors (Lipinski definition) is 1. The molecule has 0 aliphatic heterocycles. The van der Waals surface area contributed by atoms with E-state index in [1.165, 1.54) is 0 Å². The van der Waals surface area contributed by atoms with E-state index >= 15 is 0 Å². The Kier molecular flexibility index (Phi) is 3.75. The van der Waals surface area contributed by atoms with Crippen molar-refractivity contribution >= 4 is 15.0 Å². The van der Waals surface area contributed by atoms with Gasteiger partial charge in [-0.3, -0.25) is 0 Å². The molecule has 0 aliphatic carbocycles. The van der Waals surface area contributed by atoms with Crippen LogP contribution in [0, 0.1) is 4.78 Å². The zero-order chi connectivity index (χ0) is 13.0. The maximum atomic E-state index is 12.4. The van der Waals surface area contributed by atoms with Crippen LogP contribution in [-0.4, -0.2) is 4.55 Å². The highest BCUT2D eigenvalue weighted by molar-refractivity contribution is 8.06. The SMILES string of the molecule is C=C(c1ccccc1)[S+](=N)([O-])Cc1ccccc1. The highest BCUT2D eigenvalue weighted by Crippen LogP contribution is 2.27. The third-order valence-electron chi connectivity index (χ3n) is 2.71. The standard InChI is InChI=1S/C15H15NOS/c1-13(15-10-6-3-7-11-15)18(16,17)12-14-8-4-2-5-9-14/h2-11H,1,12H2,(H-,16,17). The van der Waals surface area contributed by atoms with E-state index in [9.17, 15) is 4.55 Å². The summed E-state index contributed by atoms with van der Waals surface area (Å²) in [6, 6.07) is 18.7. The predicted molar refractivity (Wildman–Crippen MR) is 76.5 cm³/mol. The van der Waals surface area contributed by atoms with E-state index in [2.05, 4.69) is 6.58 Å². The van der Waals surface area contributed by atoms with Gasteiger partial charge in [-0.2, -0.15) is 4.78 Å². The van der Waals surface area contributed by atoms with Gasteiger partial charge in [0.2, 0.25) is 0 Å². The molecule has 0 radical (unpaired) electrons. The van der Waals surface area contributed by atoms with E-state index in [-0.39, 0.29) is 5.75 Å². The molecule has 1 unspecified atom stereocenters. The first-order chi connectivity index (χ1) is 8.59. The fraction of sp³-hybridized carbons (Fsp3) is 0.0667. The van der Waals surface area contributed by atoms with Crippen LogP contribution in [-0.2, 0) is 15.9 Å². The normalized spacial score (nSPS) is 13.8. The van der Waals surface area contributed by atoms with E-state index in [1.807, 2.05) is 60.7 Å². The summed E-state index contributed by atoms with van der Waals surface area (Å²) >= 11 is 0. The molecule has 0 spiro atoms. The molecule has 92 valence electrons. The molecule has 2 aromatic rings. The summed E-state index contributed by atoms with van der Waals surface area (Å²) in [6.07, 6.45) is 0. The average Bonchev–Trinajstić information content (AvgIpc) is 2.39. The van der Waals surface area contributed by atoms with Gasteiger partial charge in [-0.25, -0.2) is 0 Å². The molecule has 2 nitrogen and oxygen atoms in total. The van der Waals surface area contributed by atoms with Gasteiger partial charge in [0.25, 0.3) is 0 Å². The van der Waals surface area contributed by atoms with Gasteiger partial charge >= 0.3 is 0 Å². The first kappa shape index (κ1) is 12.7. The maximum Gasteiger partial charge on any atom is 0.136 e. The molecule has 2 aromatic carbocycles. The Hall–Kier alpha value is -1.71. The summed E-state index contributed by atoms with van der Waals surface area (Å²) in [5, 5.41) is 0. The van der Waals surface area contributed by atoms with Crippen LogP contribution < -0.4 is 0 Å². The quantitative estimate of drug-likeness (QED) is 0.829. The number of nitrogens with one attached hydrogen (secondary N) is 1. The van der Waals surface area contributed by atoms with Crippen LogP contribution in [0.1, 0.15) is 11.1 Å². The van der Waals surface area contributed by atoms with E-state index in [1.54, 1.807) is 0 Å². The van der Waals surface area contributed by atoms with E-state index in [4.69, 9.17) is 4.78 Å². The monoisotopic (exact) mass is 257 g/mol. The second kappa shape index (κ2) is 5.29. The van der Waals surface area contributed by atoms with Crippen molar-refractivity contribution in [3.05, 3.63) is 78.4 Å². The Bertz CT molecular complexity index is 578. The van der Waals surface area contributed by atoms with Crippen molar-refractivity contribution < 1.29 is 4.55 Å². The Balaban J connectivity index is 2.22. The molecular formula is C15H15NOS. The van der Waals surface area contributed by atoms with Gasteiger partial charge in [-0.1, -0.05) is 60.7 Å². The van der Waals surface area contributed by atoms with E-state index in [0.717, 1.165) is 11.1 Å². The van der Waals surface area contributed by atoms with Crippen LogP contribution in [0.3, 0.4) is 0 Å². The maximum absolute atomic E-state index is 12.4. The molecule has 0 bridgehead atoms. The lowest BCUT2D eigenvalue weighted by Gasteiger charge is -2.21. The highest BCUT2D eigenvalue weighted by atomic mass is 32.3. The third-order valence-corrected chi connectivity index (χ3v) is 4.48. The second-order valence-corrected chi connectivity index (χ2v) is 6.23. The molecule has 0 fully saturated rings. The van der Waals surface area contributed by atoms with Gasteiger partial charge in [-0.15, -0.1) is 0 Å². The second-order valence-electron chi connectivity index (χ2n) is 4.09. The highest BCUT2D eigenvalue weighted by Gasteiger charge is 2.18. The Labute approximate surface area is 109 Å². The molecule has 0 saturated carbocycles. The lowest BCUT2D eigenvalue weighted by atomic mass is 10.2. The van der Waals surface area contributed by atoms with Crippen molar-refractivity contribution in [1.82, 2.24) is 0 Å². The number of rotatable bonds is 4. The summed E-state index contributed by atoms with van der Waals surface area (Å²) < 4.78 is 20.5. The molecule has 1 N–H and O–H groups in total. The number of hydrogen-bond acceptors (Lipinski definition) is 2. The Morgan fingerprint density at radius 2 is 1.50 bits per heavy atom. The van der Waals surface area contributed by atoms with Crippen LogP contribution >= 0.6 is 0 Å². The van der Waals surface area contributed by atoms with E-state index in [0.29, 0.717) is 4.91 Å². The van der Waals surface area contributed by atoms with Crippen molar-refractivity contribution in [1.29, 1.82) is 4.78 Å². The Morgan fingerprint density at radius 3 is 2.06 bits per heavy atom. The molecule has 3 heteroatoms. The van der Waals surface area contributed by atoms with Crippen LogP contribution in [0.2, 0.25) is 0 Å². The van der Waals surface area contributed by atoms with Gasteiger partial charge < -0.3 is 4.55 Å². The van der Waals surface area contributed by atoms with Gasteiger partial charge in [0.15, 0.2) is 0 Å². The largest absolute Gasteiger partial charge is 0.626 e. The summed E-state index contributed by atoms with van der Waals surface area (Å²) in [7, 11) is -2.86. The fourth-order valence-electron chi connectivity index (χ4n) is 1.71. The minimum atomic E-state index is -2.86. The molecule has 2 rings (SSSR count). The lowest BCUT2D eigenvalue weighted by molar-refractivity contribution is 0.591. The molecular weight excluding hydrogens is 242 g/mol. The van der Waals surface area contributed by atoms with Crippen molar-refractivity contribution in [3.63, 3.8) is 0 Å². The average molecular weight is 257 g/mol. The minimum Gasteiger partial charge on any atom is -0.626 e. The van der Waals surface area contributed by atoms with Crippen molar-refractivity contribution in [2.24, 2.45) is 0 Å². The van der Waals surface area contributed by atoms with E-state index < -0.39 is 10.1 Å². The topological polar surface area (TPSA) is 46.9 Å². The van der Waals surface area contributed by atoms with Crippen LogP contribution in [0.15, 0.2) is 67.2 Å². The fourth-order valence-corrected chi connectivity index (χ4v) is 3.06. The first-order valence-corrected chi connectivity index (χ1v) is 7.37. The molecule has 0 amide bonds. The molecule has 1 atom stereocenters. The zero-order valence-electron chi connectivity index (χ0n) is 10.0. The van der Waals surface area contributed by atoms with Gasteiger partial charge in [0.1, 0.15) is 10.7 Å². The van der Waals surface area contributed by atoms with Crippen LogP contribution in [0.4, 0.5) is 0 Å². The molecule has 0 aliphatic rings. The third kappa shape index (κ3) is 2.94. The zero-order valence-corrected chi connectivity index (χ0v) is 10.8. The van der Waals surface area contributed by atoms with Gasteiger partial charge in [0.05, 0.1) is 0 Å². The molecule has 0 heterocycles. The van der Waals surface area contributed by atoms with Crippen molar-refractivity contribution in [3.8, 4) is 0 Å². The van der Waals surface area contributed by atoms with Gasteiger partial charge in [0, 0.05) is 5.56 Å². The smallest absolute Gasteiger partial charge is 0.136 e. The summed E-state index contributed by atoms with van der Waals surface area (Å²) in [6.45, 7) is 3.83. The lowest BCUT2D eigenvalue weighted by Crippen LogP contribution is -2.13. The van der Waals surface area contributed by atoms with Gasteiger partial charge in [-0.05, 0) is 22.2 Å². The number of benzene rings is 2. The predicted octanol–water partition coefficient (Wildman–Crippen LogP) is 3.90. The van der Waals surface area contributed by atoms with Crippen molar-refractivity contribution in [2.45, 2.75) is 5.75 Å². The summed E-state index contributed by atoms with van der Waals surface area (Å²) in [5.41, 5.74) is 1.67. The molecule has 0 saturated heterocycles. The summed E-state index contributed by atoms with van der Waals surface area (Å²) in [5.74, 6) is 0.210. The Morgan fingerprint density at radius 1 is 1.00 bits per heavy atom. The summed E-state index contributed by atoms with van der Waals surface area (Å²) in [4.78, 5) is 0.395.